The molecule has 37 heavy (non-hydrogen) atoms. The Hall–Kier alpha value is -3.42. The Bertz CT molecular complexity index is 813. The van der Waals surface area contributed by atoms with E-state index in [0.29, 0.717) is 12.8 Å². The Morgan fingerprint density at radius 1 is 0.757 bits per heavy atom. The summed E-state index contributed by atoms with van der Waals surface area (Å²) in [7, 11) is 0. The lowest BCUT2D eigenvalue weighted by Crippen LogP contribution is -2.57. The minimum absolute atomic E-state index is 0.0623. The number of hydrogen-bond acceptors (Lipinski definition) is 7. The van der Waals surface area contributed by atoms with E-state index in [-0.39, 0.29) is 43.6 Å². The molecule has 0 rings (SSSR count). The standard InChI is InChI=1S/C23H43N7O7/c1-12(2)10-14(24)19(33)28-15(6-5-9-27-23(25)26)20(34)30-17(11-13(3)4)21(35)29-16(22(36)37)7-8-18(31)32/h12-17H,5-11,24H2,1-4H3,(H,28,33)(H,29,35)(H,30,34)(H,31,32)(H,36,37)(H4,25,26,27)/t14-,15-,16-,17-/m0/s1. The van der Waals surface area contributed by atoms with Gasteiger partial charge in [0.2, 0.25) is 17.7 Å². The summed E-state index contributed by atoms with van der Waals surface area (Å²) in [5, 5.41) is 25.7. The van der Waals surface area contributed by atoms with Crippen LogP contribution in [0.2, 0.25) is 0 Å². The molecule has 212 valence electrons. The number of nitrogens with two attached hydrogens (primary N) is 3. The molecule has 0 saturated heterocycles. The van der Waals surface area contributed by atoms with E-state index in [1.54, 1.807) is 0 Å². The zero-order valence-corrected chi connectivity index (χ0v) is 22.0. The van der Waals surface area contributed by atoms with Crippen molar-refractivity contribution in [2.75, 3.05) is 6.54 Å². The number of carbonyl (C=O) groups is 5. The van der Waals surface area contributed by atoms with Gasteiger partial charge in [-0.15, -0.1) is 0 Å². The monoisotopic (exact) mass is 529 g/mol. The predicted molar refractivity (Wildman–Crippen MR) is 137 cm³/mol. The van der Waals surface area contributed by atoms with Gasteiger partial charge in [-0.1, -0.05) is 27.7 Å². The molecule has 0 fully saturated rings. The molecule has 0 aliphatic carbocycles. The van der Waals surface area contributed by atoms with E-state index >= 15 is 0 Å². The summed E-state index contributed by atoms with van der Waals surface area (Å²) in [5.41, 5.74) is 16.6. The Balaban J connectivity index is 5.62. The van der Waals surface area contributed by atoms with Gasteiger partial charge in [0.05, 0.1) is 6.04 Å². The Morgan fingerprint density at radius 3 is 1.76 bits per heavy atom. The molecule has 0 radical (unpaired) electrons. The average Bonchev–Trinajstić information content (AvgIpc) is 2.76. The van der Waals surface area contributed by atoms with Crippen LogP contribution >= 0.6 is 0 Å². The van der Waals surface area contributed by atoms with Crippen LogP contribution in [0.1, 0.15) is 66.2 Å². The van der Waals surface area contributed by atoms with Gasteiger partial charge in [-0.2, -0.15) is 0 Å². The normalized spacial score (nSPS) is 14.2. The first-order valence-corrected chi connectivity index (χ1v) is 12.3. The fourth-order valence-electron chi connectivity index (χ4n) is 3.44. The highest BCUT2D eigenvalue weighted by Gasteiger charge is 2.31. The third-order valence-corrected chi connectivity index (χ3v) is 5.24. The maximum Gasteiger partial charge on any atom is 0.326 e. The smallest absolute Gasteiger partial charge is 0.326 e. The lowest BCUT2D eigenvalue weighted by atomic mass is 10.0. The highest BCUT2D eigenvalue weighted by atomic mass is 16.4. The van der Waals surface area contributed by atoms with Gasteiger partial charge in [-0.05, 0) is 43.9 Å². The maximum absolute atomic E-state index is 13.2. The van der Waals surface area contributed by atoms with E-state index in [1.807, 2.05) is 27.7 Å². The minimum Gasteiger partial charge on any atom is -0.481 e. The second-order valence-corrected chi connectivity index (χ2v) is 9.77. The van der Waals surface area contributed by atoms with E-state index in [2.05, 4.69) is 20.9 Å². The van der Waals surface area contributed by atoms with Crippen LogP contribution in [0.15, 0.2) is 4.99 Å². The number of carboxylic acid groups (broad SMARTS) is 2. The number of carbonyl (C=O) groups excluding carboxylic acids is 3. The van der Waals surface area contributed by atoms with Gasteiger partial charge >= 0.3 is 11.9 Å². The number of nitrogens with one attached hydrogen (secondary N) is 3. The van der Waals surface area contributed by atoms with Gasteiger partial charge in [0.15, 0.2) is 5.96 Å². The van der Waals surface area contributed by atoms with Crippen molar-refractivity contribution >= 4 is 35.6 Å². The van der Waals surface area contributed by atoms with Crippen LogP contribution in [0.3, 0.4) is 0 Å². The minimum atomic E-state index is -1.45. The summed E-state index contributed by atoms with van der Waals surface area (Å²) < 4.78 is 0. The first-order valence-electron chi connectivity index (χ1n) is 12.3. The van der Waals surface area contributed by atoms with Gasteiger partial charge in [-0.3, -0.25) is 24.2 Å². The summed E-state index contributed by atoms with van der Waals surface area (Å²) in [6, 6.07) is -4.46. The molecule has 0 aromatic rings. The quantitative estimate of drug-likeness (QED) is 0.0601. The van der Waals surface area contributed by atoms with Crippen molar-refractivity contribution in [1.29, 1.82) is 0 Å². The van der Waals surface area contributed by atoms with Crippen LogP contribution in [0, 0.1) is 11.8 Å². The van der Waals surface area contributed by atoms with E-state index in [9.17, 15) is 29.1 Å². The molecule has 11 N–H and O–H groups in total. The summed E-state index contributed by atoms with van der Waals surface area (Å²) in [4.78, 5) is 64.8. The Kier molecular flexibility index (Phi) is 15.5. The van der Waals surface area contributed by atoms with Crippen molar-refractivity contribution in [3.8, 4) is 0 Å². The zero-order chi connectivity index (χ0) is 28.7. The second-order valence-electron chi connectivity index (χ2n) is 9.77. The van der Waals surface area contributed by atoms with E-state index < -0.39 is 60.2 Å². The van der Waals surface area contributed by atoms with Crippen molar-refractivity contribution < 1.29 is 34.2 Å². The van der Waals surface area contributed by atoms with Gasteiger partial charge in [0.1, 0.15) is 18.1 Å². The van der Waals surface area contributed by atoms with Crippen molar-refractivity contribution in [3.63, 3.8) is 0 Å². The average molecular weight is 530 g/mol. The molecule has 0 aromatic carbocycles. The topological polar surface area (TPSA) is 252 Å². The largest absolute Gasteiger partial charge is 0.481 e. The molecule has 0 bridgehead atoms. The summed E-state index contributed by atoms with van der Waals surface area (Å²) in [6.07, 6.45) is 0.279. The zero-order valence-electron chi connectivity index (χ0n) is 22.0. The molecule has 14 heteroatoms. The number of amides is 3. The molecule has 3 amide bonds. The first-order chi connectivity index (χ1) is 17.1. The molecule has 0 spiro atoms. The number of hydrogen-bond donors (Lipinski definition) is 8. The van der Waals surface area contributed by atoms with Gasteiger partial charge < -0.3 is 43.4 Å². The van der Waals surface area contributed by atoms with Crippen molar-refractivity contribution in [2.24, 2.45) is 34.0 Å². The third kappa shape index (κ3) is 15.3. The highest BCUT2D eigenvalue weighted by Crippen LogP contribution is 2.09. The van der Waals surface area contributed by atoms with Gasteiger partial charge in [0.25, 0.3) is 0 Å². The van der Waals surface area contributed by atoms with Crippen LogP contribution in [0.4, 0.5) is 0 Å². The number of aliphatic carboxylic acids is 2. The summed E-state index contributed by atoms with van der Waals surface area (Å²) in [5.74, 6) is -4.59. The molecule has 0 aliphatic rings. The van der Waals surface area contributed by atoms with Crippen LogP contribution in [0.5, 0.6) is 0 Å². The van der Waals surface area contributed by atoms with Crippen LogP contribution in [-0.4, -0.2) is 76.5 Å². The van der Waals surface area contributed by atoms with Crippen LogP contribution in [0.25, 0.3) is 0 Å². The fourth-order valence-corrected chi connectivity index (χ4v) is 3.44. The van der Waals surface area contributed by atoms with Crippen LogP contribution < -0.4 is 33.2 Å². The summed E-state index contributed by atoms with van der Waals surface area (Å²) in [6.45, 7) is 7.64. The number of rotatable bonds is 18. The number of nitrogens with zero attached hydrogens (tertiary/aromatic N) is 1. The van der Waals surface area contributed by atoms with Gasteiger partial charge in [0, 0.05) is 13.0 Å². The first kappa shape index (κ1) is 33.6. The van der Waals surface area contributed by atoms with E-state index in [4.69, 9.17) is 22.3 Å². The van der Waals surface area contributed by atoms with Crippen molar-refractivity contribution in [2.45, 2.75) is 90.4 Å². The predicted octanol–water partition coefficient (Wildman–Crippen LogP) is -1.14. The van der Waals surface area contributed by atoms with Crippen molar-refractivity contribution in [3.05, 3.63) is 0 Å². The molecular weight excluding hydrogens is 486 g/mol. The molecule has 0 unspecified atom stereocenters. The van der Waals surface area contributed by atoms with E-state index in [0.717, 1.165) is 0 Å². The number of guanidine groups is 1. The summed E-state index contributed by atoms with van der Waals surface area (Å²) >= 11 is 0. The number of carboxylic acids is 2. The molecule has 0 aliphatic heterocycles. The molecule has 14 nitrogen and oxygen atoms in total. The maximum atomic E-state index is 13.2. The second kappa shape index (κ2) is 17.1. The Labute approximate surface area is 217 Å². The third-order valence-electron chi connectivity index (χ3n) is 5.24. The van der Waals surface area contributed by atoms with Gasteiger partial charge in [-0.25, -0.2) is 4.79 Å². The fraction of sp³-hybridized carbons (Fsp3) is 0.739. The van der Waals surface area contributed by atoms with Crippen LogP contribution in [-0.2, 0) is 24.0 Å². The van der Waals surface area contributed by atoms with Crippen molar-refractivity contribution in [1.82, 2.24) is 16.0 Å². The molecule has 0 heterocycles. The molecule has 0 saturated carbocycles. The highest BCUT2D eigenvalue weighted by molar-refractivity contribution is 5.94. The lowest BCUT2D eigenvalue weighted by Gasteiger charge is -2.26. The lowest BCUT2D eigenvalue weighted by molar-refractivity contribution is -0.143. The number of aliphatic imine (C=N–C) groups is 1. The molecular formula is C23H43N7O7. The Morgan fingerprint density at radius 2 is 1.27 bits per heavy atom. The molecule has 0 aromatic heterocycles. The van der Waals surface area contributed by atoms with E-state index in [1.165, 1.54) is 0 Å². The molecule has 4 atom stereocenters. The SMILES string of the molecule is CC(C)C[C@H](NC(=O)[C@H](CCCN=C(N)N)NC(=O)[C@@H](N)CC(C)C)C(=O)N[C@@H](CCC(=O)O)C(=O)O.